The molecule has 19 heavy (non-hydrogen) atoms. The summed E-state index contributed by atoms with van der Waals surface area (Å²) >= 11 is 5.93. The highest BCUT2D eigenvalue weighted by Gasteiger charge is 2.10. The summed E-state index contributed by atoms with van der Waals surface area (Å²) in [5.74, 6) is -0.0667. The van der Waals surface area contributed by atoms with Crippen LogP contribution in [0.5, 0.6) is 0 Å². The molecule has 0 unspecified atom stereocenters. The van der Waals surface area contributed by atoms with E-state index < -0.39 is 0 Å². The molecule has 0 radical (unpaired) electrons. The van der Waals surface area contributed by atoms with Gasteiger partial charge >= 0.3 is 0 Å². The first-order chi connectivity index (χ1) is 9.10. The van der Waals surface area contributed by atoms with Crippen molar-refractivity contribution in [1.29, 1.82) is 0 Å². The molecule has 1 aromatic heterocycles. The van der Waals surface area contributed by atoms with E-state index in [2.05, 4.69) is 4.98 Å². The van der Waals surface area contributed by atoms with Crippen LogP contribution in [0.4, 0.5) is 0 Å². The summed E-state index contributed by atoms with van der Waals surface area (Å²) in [6.07, 6.45) is 0.221. The van der Waals surface area contributed by atoms with Crippen LogP contribution in [0, 0.1) is 0 Å². The third kappa shape index (κ3) is 3.43. The van der Waals surface area contributed by atoms with E-state index in [9.17, 15) is 4.79 Å². The van der Waals surface area contributed by atoms with Crippen molar-refractivity contribution in [3.8, 4) is 0 Å². The Bertz CT molecular complexity index is 601. The number of rotatable bonds is 4. The van der Waals surface area contributed by atoms with Crippen LogP contribution in [0.25, 0.3) is 10.9 Å². The minimum absolute atomic E-state index is 0.0387. The fourth-order valence-electron chi connectivity index (χ4n) is 1.80. The van der Waals surface area contributed by atoms with E-state index in [1.165, 1.54) is 4.90 Å². The van der Waals surface area contributed by atoms with Crippen LogP contribution in [-0.2, 0) is 11.2 Å². The van der Waals surface area contributed by atoms with Gasteiger partial charge in [0.15, 0.2) is 0 Å². The van der Waals surface area contributed by atoms with Crippen LogP contribution < -0.4 is 0 Å². The molecule has 0 spiro atoms. The highest BCUT2D eigenvalue weighted by Crippen LogP contribution is 2.18. The number of halogens is 1. The smallest absolute Gasteiger partial charge is 0.228 e. The third-order valence-electron chi connectivity index (χ3n) is 2.91. The SMILES string of the molecule is CN(CCO)C(=O)Cc1ccc2ccc(Cl)cc2n1. The van der Waals surface area contributed by atoms with Crippen molar-refractivity contribution in [1.82, 2.24) is 9.88 Å². The van der Waals surface area contributed by atoms with Crippen molar-refractivity contribution in [3.63, 3.8) is 0 Å². The van der Waals surface area contributed by atoms with Gasteiger partial charge in [0.25, 0.3) is 0 Å². The number of benzene rings is 1. The first-order valence-electron chi connectivity index (χ1n) is 6.00. The summed E-state index contributed by atoms with van der Waals surface area (Å²) in [6, 6.07) is 9.25. The molecule has 1 N–H and O–H groups in total. The standard InChI is InChI=1S/C14H15ClN2O2/c1-17(6-7-18)14(19)9-12-5-3-10-2-4-11(15)8-13(10)16-12/h2-5,8,18H,6-7,9H2,1H3. The number of pyridine rings is 1. The molecule has 2 rings (SSSR count). The zero-order valence-electron chi connectivity index (χ0n) is 10.6. The number of carbonyl (C=O) groups is 1. The third-order valence-corrected chi connectivity index (χ3v) is 3.14. The maximum absolute atomic E-state index is 11.9. The summed E-state index contributed by atoms with van der Waals surface area (Å²) in [5.41, 5.74) is 1.48. The molecule has 0 fully saturated rings. The van der Waals surface area contributed by atoms with Crippen LogP contribution >= 0.6 is 11.6 Å². The van der Waals surface area contributed by atoms with E-state index in [1.807, 2.05) is 24.3 Å². The van der Waals surface area contributed by atoms with Gasteiger partial charge in [0.1, 0.15) is 0 Å². The van der Waals surface area contributed by atoms with Gasteiger partial charge in [-0.15, -0.1) is 0 Å². The number of likely N-dealkylation sites (N-methyl/N-ethyl adjacent to an activating group) is 1. The van der Waals surface area contributed by atoms with E-state index in [-0.39, 0.29) is 18.9 Å². The Morgan fingerprint density at radius 1 is 1.37 bits per heavy atom. The number of amides is 1. The quantitative estimate of drug-likeness (QED) is 0.929. The van der Waals surface area contributed by atoms with E-state index >= 15 is 0 Å². The minimum atomic E-state index is -0.0667. The van der Waals surface area contributed by atoms with E-state index in [4.69, 9.17) is 16.7 Å². The molecule has 0 bridgehead atoms. The van der Waals surface area contributed by atoms with Gasteiger partial charge in [-0.05, 0) is 18.2 Å². The molecule has 1 heterocycles. The summed E-state index contributed by atoms with van der Waals surface area (Å²) in [7, 11) is 1.66. The Kier molecular flexibility index (Phi) is 4.35. The molecule has 0 aliphatic heterocycles. The Morgan fingerprint density at radius 2 is 2.11 bits per heavy atom. The molecule has 1 aromatic carbocycles. The highest BCUT2D eigenvalue weighted by molar-refractivity contribution is 6.31. The fraction of sp³-hybridized carbons (Fsp3) is 0.286. The molecule has 5 heteroatoms. The van der Waals surface area contributed by atoms with Gasteiger partial charge in [-0.1, -0.05) is 23.7 Å². The lowest BCUT2D eigenvalue weighted by Crippen LogP contribution is -2.30. The van der Waals surface area contributed by atoms with Gasteiger partial charge in [0.05, 0.1) is 24.2 Å². The summed E-state index contributed by atoms with van der Waals surface area (Å²) in [4.78, 5) is 17.8. The first-order valence-corrected chi connectivity index (χ1v) is 6.38. The second-order valence-electron chi connectivity index (χ2n) is 4.36. The molecular weight excluding hydrogens is 264 g/mol. The first kappa shape index (κ1) is 13.8. The average molecular weight is 279 g/mol. The molecule has 1 amide bonds. The predicted molar refractivity (Wildman–Crippen MR) is 75.2 cm³/mol. The van der Waals surface area contributed by atoms with Crippen LogP contribution in [0.15, 0.2) is 30.3 Å². The lowest BCUT2D eigenvalue weighted by Gasteiger charge is -2.15. The van der Waals surface area contributed by atoms with Gasteiger partial charge < -0.3 is 10.0 Å². The van der Waals surface area contributed by atoms with Gasteiger partial charge in [-0.25, -0.2) is 0 Å². The van der Waals surface area contributed by atoms with E-state index in [1.54, 1.807) is 13.1 Å². The Balaban J connectivity index is 2.19. The Hall–Kier alpha value is -1.65. The zero-order valence-corrected chi connectivity index (χ0v) is 11.4. The van der Waals surface area contributed by atoms with Crippen LogP contribution in [0.2, 0.25) is 5.02 Å². The van der Waals surface area contributed by atoms with Gasteiger partial charge in [-0.2, -0.15) is 0 Å². The summed E-state index contributed by atoms with van der Waals surface area (Å²) in [6.45, 7) is 0.293. The molecule has 0 atom stereocenters. The number of nitrogens with zero attached hydrogens (tertiary/aromatic N) is 2. The summed E-state index contributed by atoms with van der Waals surface area (Å²) < 4.78 is 0. The highest BCUT2D eigenvalue weighted by atomic mass is 35.5. The van der Waals surface area contributed by atoms with Crippen LogP contribution in [0.1, 0.15) is 5.69 Å². The van der Waals surface area contributed by atoms with Crippen LogP contribution in [-0.4, -0.2) is 41.1 Å². The van der Waals surface area contributed by atoms with E-state index in [0.29, 0.717) is 17.3 Å². The maximum Gasteiger partial charge on any atom is 0.228 e. The number of fused-ring (bicyclic) bond motifs is 1. The average Bonchev–Trinajstić information content (AvgIpc) is 2.38. The number of hydrogen-bond donors (Lipinski definition) is 1. The van der Waals surface area contributed by atoms with Crippen LogP contribution in [0.3, 0.4) is 0 Å². The second-order valence-corrected chi connectivity index (χ2v) is 4.79. The van der Waals surface area contributed by atoms with Crippen molar-refractivity contribution in [2.24, 2.45) is 0 Å². The van der Waals surface area contributed by atoms with Crippen molar-refractivity contribution in [2.75, 3.05) is 20.2 Å². The largest absolute Gasteiger partial charge is 0.395 e. The summed E-state index contributed by atoms with van der Waals surface area (Å²) in [5, 5.41) is 10.4. The van der Waals surface area contributed by atoms with Crippen molar-refractivity contribution in [3.05, 3.63) is 41.0 Å². The zero-order chi connectivity index (χ0) is 13.8. The number of hydrogen-bond acceptors (Lipinski definition) is 3. The predicted octanol–water partition coefficient (Wildman–Crippen LogP) is 1.88. The minimum Gasteiger partial charge on any atom is -0.395 e. The van der Waals surface area contributed by atoms with Gasteiger partial charge in [-0.3, -0.25) is 9.78 Å². The van der Waals surface area contributed by atoms with E-state index in [0.717, 1.165) is 10.9 Å². The number of carbonyl (C=O) groups excluding carboxylic acids is 1. The molecule has 100 valence electrons. The molecule has 0 aliphatic rings. The Labute approximate surface area is 116 Å². The topological polar surface area (TPSA) is 53.4 Å². The number of aliphatic hydroxyl groups excluding tert-OH is 1. The fourth-order valence-corrected chi connectivity index (χ4v) is 1.96. The second kappa shape index (κ2) is 5.99. The molecule has 0 aliphatic carbocycles. The molecule has 0 saturated carbocycles. The maximum atomic E-state index is 11.9. The molecular formula is C14H15ClN2O2. The molecule has 0 saturated heterocycles. The Morgan fingerprint density at radius 3 is 2.84 bits per heavy atom. The molecule has 2 aromatic rings. The van der Waals surface area contributed by atoms with Gasteiger partial charge in [0, 0.05) is 24.0 Å². The normalized spacial score (nSPS) is 10.7. The van der Waals surface area contributed by atoms with Crippen molar-refractivity contribution >= 4 is 28.4 Å². The van der Waals surface area contributed by atoms with Crippen molar-refractivity contribution < 1.29 is 9.90 Å². The molecule has 4 nitrogen and oxygen atoms in total. The van der Waals surface area contributed by atoms with Gasteiger partial charge in [0.2, 0.25) is 5.91 Å². The number of aliphatic hydroxyl groups is 1. The van der Waals surface area contributed by atoms with Crippen molar-refractivity contribution in [2.45, 2.75) is 6.42 Å². The lowest BCUT2D eigenvalue weighted by atomic mass is 10.1. The number of aromatic nitrogens is 1. The monoisotopic (exact) mass is 278 g/mol. The lowest BCUT2D eigenvalue weighted by molar-refractivity contribution is -0.129.